The predicted octanol–water partition coefficient (Wildman–Crippen LogP) is 3.36. The number of likely N-dealkylation sites (N-methyl/N-ethyl adjacent to an activating group) is 1. The highest BCUT2D eigenvalue weighted by molar-refractivity contribution is 5.92. The SMILES string of the molecule is Cc1ccc(-c2ccc(C(=O)NC[C@@H]3CC[C@H](CC(=O)NC(C)C)N3C)o2)cc1. The van der Waals surface area contributed by atoms with Gasteiger partial charge in [-0.25, -0.2) is 0 Å². The monoisotopic (exact) mass is 397 g/mol. The van der Waals surface area contributed by atoms with E-state index in [-0.39, 0.29) is 29.9 Å². The summed E-state index contributed by atoms with van der Waals surface area (Å²) in [7, 11) is 2.03. The number of amides is 2. The molecular weight excluding hydrogens is 366 g/mol. The van der Waals surface area contributed by atoms with E-state index in [1.807, 2.05) is 58.2 Å². The molecule has 0 radical (unpaired) electrons. The molecule has 6 nitrogen and oxygen atoms in total. The molecule has 2 heterocycles. The largest absolute Gasteiger partial charge is 0.451 e. The van der Waals surface area contributed by atoms with E-state index in [0.717, 1.165) is 18.4 Å². The fourth-order valence-electron chi connectivity index (χ4n) is 3.81. The van der Waals surface area contributed by atoms with Crippen LogP contribution in [-0.4, -0.2) is 48.4 Å². The van der Waals surface area contributed by atoms with Gasteiger partial charge >= 0.3 is 0 Å². The second-order valence-electron chi connectivity index (χ2n) is 8.22. The highest BCUT2D eigenvalue weighted by Gasteiger charge is 2.32. The first-order chi connectivity index (χ1) is 13.8. The minimum absolute atomic E-state index is 0.0840. The molecule has 1 aromatic heterocycles. The summed E-state index contributed by atoms with van der Waals surface area (Å²) in [6.07, 6.45) is 2.42. The normalized spacial score (nSPS) is 19.5. The van der Waals surface area contributed by atoms with Gasteiger partial charge < -0.3 is 15.1 Å². The molecule has 1 saturated heterocycles. The summed E-state index contributed by atoms with van der Waals surface area (Å²) in [6.45, 7) is 6.51. The molecule has 0 bridgehead atoms. The Bertz CT molecular complexity index is 841. The summed E-state index contributed by atoms with van der Waals surface area (Å²) >= 11 is 0. The van der Waals surface area contributed by atoms with Crippen molar-refractivity contribution in [2.75, 3.05) is 13.6 Å². The molecule has 2 N–H and O–H groups in total. The molecule has 0 saturated carbocycles. The third kappa shape index (κ3) is 5.48. The first-order valence-electron chi connectivity index (χ1n) is 10.3. The molecular formula is C23H31N3O3. The van der Waals surface area contributed by atoms with Gasteiger partial charge in [-0.2, -0.15) is 0 Å². The molecule has 1 fully saturated rings. The molecule has 1 aliphatic heterocycles. The van der Waals surface area contributed by atoms with Gasteiger partial charge in [0.05, 0.1) is 0 Å². The molecule has 3 rings (SSSR count). The van der Waals surface area contributed by atoms with Crippen molar-refractivity contribution in [1.82, 2.24) is 15.5 Å². The lowest BCUT2D eigenvalue weighted by molar-refractivity contribution is -0.122. The van der Waals surface area contributed by atoms with Crippen LogP contribution >= 0.6 is 0 Å². The van der Waals surface area contributed by atoms with E-state index in [4.69, 9.17) is 4.42 Å². The average Bonchev–Trinajstić information content (AvgIpc) is 3.28. The highest BCUT2D eigenvalue weighted by atomic mass is 16.3. The Morgan fingerprint density at radius 3 is 2.48 bits per heavy atom. The van der Waals surface area contributed by atoms with Crippen LogP contribution in [0.5, 0.6) is 0 Å². The first-order valence-corrected chi connectivity index (χ1v) is 10.3. The minimum Gasteiger partial charge on any atom is -0.451 e. The summed E-state index contributed by atoms with van der Waals surface area (Å²) in [5.74, 6) is 0.872. The number of likely N-dealkylation sites (tertiary alicyclic amines) is 1. The third-order valence-electron chi connectivity index (χ3n) is 5.52. The topological polar surface area (TPSA) is 74.6 Å². The Balaban J connectivity index is 1.51. The van der Waals surface area contributed by atoms with Crippen molar-refractivity contribution in [3.63, 3.8) is 0 Å². The second-order valence-corrected chi connectivity index (χ2v) is 8.22. The van der Waals surface area contributed by atoms with E-state index < -0.39 is 0 Å². The van der Waals surface area contributed by atoms with Gasteiger partial charge in [-0.1, -0.05) is 29.8 Å². The van der Waals surface area contributed by atoms with Gasteiger partial charge in [-0.05, 0) is 52.8 Å². The summed E-state index contributed by atoms with van der Waals surface area (Å²) in [4.78, 5) is 26.7. The predicted molar refractivity (Wildman–Crippen MR) is 114 cm³/mol. The summed E-state index contributed by atoms with van der Waals surface area (Å²) in [5.41, 5.74) is 2.13. The number of hydrogen-bond acceptors (Lipinski definition) is 4. The maximum absolute atomic E-state index is 12.5. The van der Waals surface area contributed by atoms with Crippen molar-refractivity contribution in [3.8, 4) is 11.3 Å². The van der Waals surface area contributed by atoms with Gasteiger partial charge in [0.25, 0.3) is 5.91 Å². The van der Waals surface area contributed by atoms with Crippen LogP contribution in [-0.2, 0) is 4.79 Å². The third-order valence-corrected chi connectivity index (χ3v) is 5.52. The molecule has 6 heteroatoms. The number of carbonyl (C=O) groups excluding carboxylic acids is 2. The van der Waals surface area contributed by atoms with Gasteiger partial charge in [0.1, 0.15) is 5.76 Å². The summed E-state index contributed by atoms with van der Waals surface area (Å²) < 4.78 is 5.75. The van der Waals surface area contributed by atoms with Crippen LogP contribution in [0.1, 0.15) is 49.2 Å². The highest BCUT2D eigenvalue weighted by Crippen LogP contribution is 2.25. The lowest BCUT2D eigenvalue weighted by Gasteiger charge is -2.25. The van der Waals surface area contributed by atoms with Crippen LogP contribution in [0.15, 0.2) is 40.8 Å². The maximum Gasteiger partial charge on any atom is 0.287 e. The van der Waals surface area contributed by atoms with Crippen molar-refractivity contribution in [1.29, 1.82) is 0 Å². The molecule has 1 aliphatic rings. The average molecular weight is 398 g/mol. The number of hydrogen-bond donors (Lipinski definition) is 2. The molecule has 1 aromatic carbocycles. The molecule has 29 heavy (non-hydrogen) atoms. The van der Waals surface area contributed by atoms with Crippen LogP contribution in [0.2, 0.25) is 0 Å². The number of furan rings is 1. The Morgan fingerprint density at radius 1 is 1.10 bits per heavy atom. The zero-order valence-corrected chi connectivity index (χ0v) is 17.7. The molecule has 2 atom stereocenters. The van der Waals surface area contributed by atoms with Gasteiger partial charge in [-0.3, -0.25) is 14.5 Å². The Hall–Kier alpha value is -2.60. The van der Waals surface area contributed by atoms with E-state index >= 15 is 0 Å². The number of aryl methyl sites for hydroxylation is 1. The van der Waals surface area contributed by atoms with Crippen LogP contribution in [0, 0.1) is 6.92 Å². The molecule has 2 amide bonds. The molecule has 0 unspecified atom stereocenters. The first kappa shape index (κ1) is 21.1. The van der Waals surface area contributed by atoms with E-state index in [9.17, 15) is 9.59 Å². The smallest absolute Gasteiger partial charge is 0.287 e. The fourth-order valence-corrected chi connectivity index (χ4v) is 3.81. The van der Waals surface area contributed by atoms with Crippen molar-refractivity contribution in [2.24, 2.45) is 0 Å². The Kier molecular flexibility index (Phi) is 6.75. The van der Waals surface area contributed by atoms with E-state index in [0.29, 0.717) is 24.5 Å². The fraction of sp³-hybridized carbons (Fsp3) is 0.478. The number of nitrogens with one attached hydrogen (secondary N) is 2. The summed E-state index contributed by atoms with van der Waals surface area (Å²) in [5, 5.41) is 5.92. The lowest BCUT2D eigenvalue weighted by atomic mass is 10.1. The zero-order chi connectivity index (χ0) is 21.0. The second kappa shape index (κ2) is 9.27. The van der Waals surface area contributed by atoms with Crippen molar-refractivity contribution in [2.45, 2.75) is 58.2 Å². The van der Waals surface area contributed by atoms with Crippen LogP contribution in [0.25, 0.3) is 11.3 Å². The van der Waals surface area contributed by atoms with Crippen molar-refractivity contribution < 1.29 is 14.0 Å². The quantitative estimate of drug-likeness (QED) is 0.751. The molecule has 156 valence electrons. The molecule has 0 spiro atoms. The lowest BCUT2D eigenvalue weighted by Crippen LogP contribution is -2.43. The van der Waals surface area contributed by atoms with Crippen molar-refractivity contribution >= 4 is 11.8 Å². The van der Waals surface area contributed by atoms with Gasteiger partial charge in [0.2, 0.25) is 5.91 Å². The van der Waals surface area contributed by atoms with Crippen LogP contribution < -0.4 is 10.6 Å². The minimum atomic E-state index is -0.210. The van der Waals surface area contributed by atoms with Gasteiger partial charge in [-0.15, -0.1) is 0 Å². The van der Waals surface area contributed by atoms with Gasteiger partial charge in [0.15, 0.2) is 5.76 Å². The van der Waals surface area contributed by atoms with Gasteiger partial charge in [0, 0.05) is 36.7 Å². The van der Waals surface area contributed by atoms with E-state index in [1.54, 1.807) is 6.07 Å². The number of carbonyl (C=O) groups is 2. The Morgan fingerprint density at radius 2 is 1.79 bits per heavy atom. The Labute approximate surface area is 172 Å². The standard InChI is InChI=1S/C23H31N3O3/c1-15(2)25-22(27)13-18-9-10-19(26(18)4)14-24-23(28)21-12-11-20(29-21)17-7-5-16(3)6-8-17/h5-8,11-12,15,18-19H,9-10,13-14H2,1-4H3,(H,24,28)(H,25,27)/t18-,19+/m1/s1. The maximum atomic E-state index is 12.5. The van der Waals surface area contributed by atoms with Crippen LogP contribution in [0.4, 0.5) is 0 Å². The van der Waals surface area contributed by atoms with Crippen LogP contribution in [0.3, 0.4) is 0 Å². The summed E-state index contributed by atoms with van der Waals surface area (Å²) in [6, 6.07) is 12.1. The van der Waals surface area contributed by atoms with E-state index in [1.165, 1.54) is 5.56 Å². The van der Waals surface area contributed by atoms with E-state index in [2.05, 4.69) is 15.5 Å². The number of nitrogens with zero attached hydrogens (tertiary/aromatic N) is 1. The van der Waals surface area contributed by atoms with Crippen molar-refractivity contribution in [3.05, 3.63) is 47.7 Å². The zero-order valence-electron chi connectivity index (χ0n) is 17.7. The number of rotatable bonds is 7. The molecule has 2 aromatic rings. The molecule has 0 aliphatic carbocycles. The number of benzene rings is 1.